The second kappa shape index (κ2) is 11.5. The number of nitrogens with zero attached hydrogens (tertiary/aromatic N) is 6. The molecule has 0 aliphatic carbocycles. The maximum Gasteiger partial charge on any atom is 0.274 e. The van der Waals surface area contributed by atoms with E-state index in [2.05, 4.69) is 31.0 Å². The van der Waals surface area contributed by atoms with Gasteiger partial charge in [-0.3, -0.25) is 9.59 Å². The summed E-state index contributed by atoms with van der Waals surface area (Å²) in [6.07, 6.45) is 3.30. The van der Waals surface area contributed by atoms with Gasteiger partial charge in [-0.2, -0.15) is 5.10 Å². The average Bonchev–Trinajstić information content (AvgIpc) is 3.57. The minimum Gasteiger partial charge on any atom is -0.355 e. The van der Waals surface area contributed by atoms with Gasteiger partial charge in [-0.15, -0.1) is 5.10 Å². The molecule has 0 unspecified atom stereocenters. The van der Waals surface area contributed by atoms with Crippen molar-refractivity contribution in [2.24, 2.45) is 0 Å². The summed E-state index contributed by atoms with van der Waals surface area (Å²) < 4.78 is 2.95. The van der Waals surface area contributed by atoms with Crippen molar-refractivity contribution in [1.29, 1.82) is 0 Å². The molecular weight excluding hydrogens is 575 g/mol. The van der Waals surface area contributed by atoms with E-state index in [-0.39, 0.29) is 23.6 Å². The lowest BCUT2D eigenvalue weighted by molar-refractivity contribution is 0.0964. The van der Waals surface area contributed by atoms with Gasteiger partial charge in [0.05, 0.1) is 34.7 Å². The minimum atomic E-state index is -0.533. The topological polar surface area (TPSA) is 120 Å². The molecule has 2 N–H and O–H groups in total. The zero-order chi connectivity index (χ0) is 28.4. The standard InChI is InChI=1S/C27H21Cl3N8O2/c1-15-9-18(29)11-20(26(39)31-2)24(15)33-27(40)23-12-19(35-38(23)25-21(30)7-4-8-32-25)13-37-14-22(34-36-37)16-5-3-6-17(28)10-16/h3-12,14H,13H2,1-2H3,(H,31,39)(H,33,40). The summed E-state index contributed by atoms with van der Waals surface area (Å²) in [7, 11) is 1.50. The first-order valence-electron chi connectivity index (χ1n) is 11.9. The van der Waals surface area contributed by atoms with E-state index < -0.39 is 11.8 Å². The van der Waals surface area contributed by atoms with Crippen LogP contribution in [0.25, 0.3) is 17.1 Å². The van der Waals surface area contributed by atoms with Crippen molar-refractivity contribution >= 4 is 52.3 Å². The Morgan fingerprint density at radius 3 is 2.55 bits per heavy atom. The van der Waals surface area contributed by atoms with Crippen LogP contribution in [0.3, 0.4) is 0 Å². The molecule has 10 nitrogen and oxygen atoms in total. The number of aromatic nitrogens is 6. The summed E-state index contributed by atoms with van der Waals surface area (Å²) in [5.74, 6) is -0.670. The first-order valence-corrected chi connectivity index (χ1v) is 13.1. The molecule has 0 atom stereocenters. The van der Waals surface area contributed by atoms with Gasteiger partial charge in [0.2, 0.25) is 0 Å². The Balaban J connectivity index is 1.51. The Morgan fingerprint density at radius 1 is 0.975 bits per heavy atom. The van der Waals surface area contributed by atoms with Crippen molar-refractivity contribution < 1.29 is 9.59 Å². The second-order valence-corrected chi connectivity index (χ2v) is 10.0. The van der Waals surface area contributed by atoms with Crippen LogP contribution in [0.1, 0.15) is 32.1 Å². The molecule has 3 heterocycles. The molecule has 13 heteroatoms. The fourth-order valence-corrected chi connectivity index (χ4v) is 4.75. The molecule has 40 heavy (non-hydrogen) atoms. The monoisotopic (exact) mass is 594 g/mol. The number of hydrogen-bond donors (Lipinski definition) is 2. The highest BCUT2D eigenvalue weighted by molar-refractivity contribution is 6.32. The number of pyridine rings is 1. The first-order chi connectivity index (χ1) is 19.2. The van der Waals surface area contributed by atoms with Crippen LogP contribution < -0.4 is 10.6 Å². The van der Waals surface area contributed by atoms with E-state index in [0.717, 1.165) is 5.56 Å². The molecule has 0 saturated carbocycles. The molecule has 5 aromatic rings. The molecule has 0 radical (unpaired) electrons. The molecule has 0 aliphatic heterocycles. The van der Waals surface area contributed by atoms with Crippen molar-refractivity contribution in [2.45, 2.75) is 13.5 Å². The van der Waals surface area contributed by atoms with Crippen molar-refractivity contribution in [3.05, 3.63) is 105 Å². The van der Waals surface area contributed by atoms with Gasteiger partial charge in [0.1, 0.15) is 11.4 Å². The molecule has 0 spiro atoms. The molecule has 0 bridgehead atoms. The molecule has 5 rings (SSSR count). The Morgan fingerprint density at radius 2 is 1.80 bits per heavy atom. The highest BCUT2D eigenvalue weighted by atomic mass is 35.5. The number of nitrogens with one attached hydrogen (secondary N) is 2. The van der Waals surface area contributed by atoms with Crippen LogP contribution in [0.15, 0.2) is 67.0 Å². The summed E-state index contributed by atoms with van der Waals surface area (Å²) in [4.78, 5) is 30.5. The van der Waals surface area contributed by atoms with Crippen molar-refractivity contribution in [3.63, 3.8) is 0 Å². The second-order valence-electron chi connectivity index (χ2n) is 8.73. The number of hydrogen-bond acceptors (Lipinski definition) is 6. The maximum absolute atomic E-state index is 13.7. The van der Waals surface area contributed by atoms with Gasteiger partial charge in [-0.05, 0) is 55.0 Å². The predicted octanol–water partition coefficient (Wildman–Crippen LogP) is 5.45. The average molecular weight is 596 g/mol. The Hall–Kier alpha value is -4.25. The van der Waals surface area contributed by atoms with Crippen molar-refractivity contribution in [3.8, 4) is 17.1 Å². The molecule has 0 saturated heterocycles. The predicted molar refractivity (Wildman–Crippen MR) is 153 cm³/mol. The van der Waals surface area contributed by atoms with Gasteiger partial charge < -0.3 is 10.6 Å². The summed E-state index contributed by atoms with van der Waals surface area (Å²) in [5.41, 5.74) is 3.23. The van der Waals surface area contributed by atoms with E-state index in [4.69, 9.17) is 34.8 Å². The van der Waals surface area contributed by atoms with Crippen LogP contribution in [-0.2, 0) is 6.54 Å². The normalized spacial score (nSPS) is 10.9. The third kappa shape index (κ3) is 5.69. The molecule has 0 fully saturated rings. The number of rotatable bonds is 7. The van der Waals surface area contributed by atoms with Crippen LogP contribution in [-0.4, -0.2) is 48.6 Å². The van der Waals surface area contributed by atoms with Gasteiger partial charge in [0, 0.05) is 28.9 Å². The van der Waals surface area contributed by atoms with Crippen LogP contribution in [0, 0.1) is 6.92 Å². The summed E-state index contributed by atoms with van der Waals surface area (Å²) in [6, 6.07) is 15.4. The quantitative estimate of drug-likeness (QED) is 0.258. The lowest BCUT2D eigenvalue weighted by atomic mass is 10.1. The van der Waals surface area contributed by atoms with Crippen molar-refractivity contribution in [1.82, 2.24) is 35.1 Å². The number of aryl methyl sites for hydroxylation is 1. The third-order valence-electron chi connectivity index (χ3n) is 5.93. The third-order valence-corrected chi connectivity index (χ3v) is 6.67. The molecule has 2 aromatic carbocycles. The van der Waals surface area contributed by atoms with Gasteiger partial charge in [-0.1, -0.05) is 52.1 Å². The van der Waals surface area contributed by atoms with Crippen LogP contribution in [0.4, 0.5) is 5.69 Å². The number of benzene rings is 2. The van der Waals surface area contributed by atoms with Gasteiger partial charge in [0.25, 0.3) is 11.8 Å². The molecule has 3 aromatic heterocycles. The largest absolute Gasteiger partial charge is 0.355 e. The summed E-state index contributed by atoms with van der Waals surface area (Å²) >= 11 is 18.7. The molecule has 0 aliphatic rings. The summed E-state index contributed by atoms with van der Waals surface area (Å²) in [6.45, 7) is 1.95. The fraction of sp³-hybridized carbons (Fsp3) is 0.111. The number of amides is 2. The number of carbonyl (C=O) groups excluding carboxylic acids is 2. The lowest BCUT2D eigenvalue weighted by Gasteiger charge is -2.14. The van der Waals surface area contributed by atoms with Crippen LogP contribution in [0.5, 0.6) is 0 Å². The van der Waals surface area contributed by atoms with Crippen LogP contribution in [0.2, 0.25) is 15.1 Å². The Labute approximate surface area is 243 Å². The smallest absolute Gasteiger partial charge is 0.274 e. The molecule has 202 valence electrons. The zero-order valence-electron chi connectivity index (χ0n) is 21.2. The lowest BCUT2D eigenvalue weighted by Crippen LogP contribution is -2.23. The van der Waals surface area contributed by atoms with Gasteiger partial charge in [-0.25, -0.2) is 14.3 Å². The van der Waals surface area contributed by atoms with Crippen LogP contribution >= 0.6 is 34.8 Å². The van der Waals surface area contributed by atoms with E-state index in [1.165, 1.54) is 17.8 Å². The molecule has 2 amide bonds. The Bertz CT molecular complexity index is 1750. The first kappa shape index (κ1) is 27.3. The number of anilines is 1. The van der Waals surface area contributed by atoms with E-state index >= 15 is 0 Å². The Kier molecular flexibility index (Phi) is 7.83. The highest BCUT2D eigenvalue weighted by Gasteiger charge is 2.23. The SMILES string of the molecule is CNC(=O)c1cc(Cl)cc(C)c1NC(=O)c1cc(Cn2cc(-c3cccc(Cl)c3)nn2)nn1-c1ncccc1Cl. The number of carbonyl (C=O) groups is 2. The summed E-state index contributed by atoms with van der Waals surface area (Å²) in [5, 5.41) is 19.7. The van der Waals surface area contributed by atoms with Gasteiger partial charge in [0.15, 0.2) is 5.82 Å². The van der Waals surface area contributed by atoms with Gasteiger partial charge >= 0.3 is 0 Å². The highest BCUT2D eigenvalue weighted by Crippen LogP contribution is 2.27. The fourth-order valence-electron chi connectivity index (χ4n) is 4.09. The van der Waals surface area contributed by atoms with Crippen molar-refractivity contribution in [2.75, 3.05) is 12.4 Å². The van der Waals surface area contributed by atoms with E-state index in [1.54, 1.807) is 60.4 Å². The van der Waals surface area contributed by atoms with E-state index in [0.29, 0.717) is 37.7 Å². The zero-order valence-corrected chi connectivity index (χ0v) is 23.5. The minimum absolute atomic E-state index is 0.142. The maximum atomic E-state index is 13.7. The van der Waals surface area contributed by atoms with E-state index in [9.17, 15) is 9.59 Å². The number of halogens is 3. The molecular formula is C27H21Cl3N8O2. The van der Waals surface area contributed by atoms with E-state index in [1.807, 2.05) is 12.1 Å².